The van der Waals surface area contributed by atoms with Gasteiger partial charge in [-0.1, -0.05) is 6.92 Å². The fourth-order valence-electron chi connectivity index (χ4n) is 2.47. The van der Waals surface area contributed by atoms with E-state index in [4.69, 9.17) is 0 Å². The normalized spacial score (nSPS) is 19.3. The molecule has 23 heavy (non-hydrogen) atoms. The van der Waals surface area contributed by atoms with Crippen LogP contribution in [-0.4, -0.2) is 61.3 Å². The zero-order valence-electron chi connectivity index (χ0n) is 13.3. The van der Waals surface area contributed by atoms with Gasteiger partial charge in [0.15, 0.2) is 9.84 Å². The number of carbonyl (C=O) groups excluding carboxylic acids is 2. The molecule has 0 saturated carbocycles. The van der Waals surface area contributed by atoms with Crippen LogP contribution in [0.2, 0.25) is 0 Å². The number of carbonyl (C=O) groups is 2. The molecule has 0 aromatic carbocycles. The molecule has 0 aliphatic carbocycles. The second-order valence-electron chi connectivity index (χ2n) is 5.66. The van der Waals surface area contributed by atoms with E-state index < -0.39 is 9.84 Å². The molecular weight excluding hydrogens is 318 g/mol. The Morgan fingerprint density at radius 1 is 1.43 bits per heavy atom. The van der Waals surface area contributed by atoms with Gasteiger partial charge >= 0.3 is 0 Å². The van der Waals surface area contributed by atoms with Crippen LogP contribution >= 0.6 is 0 Å². The maximum Gasteiger partial charge on any atom is 0.269 e. The summed E-state index contributed by atoms with van der Waals surface area (Å²) in [6.45, 7) is 2.48. The Bertz CT molecular complexity index is 702. The van der Waals surface area contributed by atoms with E-state index in [1.54, 1.807) is 7.05 Å². The molecular formula is C15H21N3O4S. The summed E-state index contributed by atoms with van der Waals surface area (Å²) >= 11 is 0. The van der Waals surface area contributed by atoms with Gasteiger partial charge in [0.1, 0.15) is 5.69 Å². The van der Waals surface area contributed by atoms with Crippen molar-refractivity contribution in [2.45, 2.75) is 25.8 Å². The molecule has 1 atom stereocenters. The monoisotopic (exact) mass is 339 g/mol. The van der Waals surface area contributed by atoms with Gasteiger partial charge < -0.3 is 10.2 Å². The Hall–Kier alpha value is -1.96. The Labute approximate surface area is 136 Å². The molecule has 1 aromatic rings. The van der Waals surface area contributed by atoms with Crippen molar-refractivity contribution in [2.24, 2.45) is 0 Å². The molecule has 1 saturated heterocycles. The van der Waals surface area contributed by atoms with Crippen LogP contribution < -0.4 is 5.32 Å². The summed E-state index contributed by atoms with van der Waals surface area (Å²) in [5.74, 6) is -0.535. The number of rotatable bonds is 5. The van der Waals surface area contributed by atoms with Crippen LogP contribution in [0.1, 0.15) is 40.6 Å². The maximum absolute atomic E-state index is 12.5. The Kier molecular flexibility index (Phi) is 5.35. The average Bonchev–Trinajstić information content (AvgIpc) is 2.91. The lowest BCUT2D eigenvalue weighted by atomic mass is 10.1. The molecule has 8 heteroatoms. The lowest BCUT2D eigenvalue weighted by Crippen LogP contribution is -2.38. The van der Waals surface area contributed by atoms with E-state index in [9.17, 15) is 18.0 Å². The highest BCUT2D eigenvalue weighted by molar-refractivity contribution is 7.91. The summed E-state index contributed by atoms with van der Waals surface area (Å²) in [4.78, 5) is 29.8. The molecule has 0 bridgehead atoms. The van der Waals surface area contributed by atoms with Gasteiger partial charge in [-0.05, 0) is 25.0 Å². The van der Waals surface area contributed by atoms with E-state index in [1.165, 1.54) is 23.2 Å². The SMILES string of the molecule is CCCNC(=O)c1cc(C(=O)N(C)C2CCS(=O)(=O)C2)ccn1. The van der Waals surface area contributed by atoms with Crippen molar-refractivity contribution in [3.05, 3.63) is 29.6 Å². The van der Waals surface area contributed by atoms with E-state index in [-0.39, 0.29) is 35.1 Å². The zero-order chi connectivity index (χ0) is 17.0. The standard InChI is InChI=1S/C15H21N3O4S/c1-3-6-17-14(19)13-9-11(4-7-16-13)15(20)18(2)12-5-8-23(21,22)10-12/h4,7,9,12H,3,5-6,8,10H2,1-2H3,(H,17,19). The first kappa shape index (κ1) is 17.4. The smallest absolute Gasteiger partial charge is 0.269 e. The molecule has 126 valence electrons. The molecule has 2 rings (SSSR count). The Balaban J connectivity index is 2.12. The predicted molar refractivity (Wildman–Crippen MR) is 86.0 cm³/mol. The average molecular weight is 339 g/mol. The van der Waals surface area contributed by atoms with Gasteiger partial charge in [0.05, 0.1) is 11.5 Å². The summed E-state index contributed by atoms with van der Waals surface area (Å²) in [5, 5.41) is 2.70. The minimum absolute atomic E-state index is 0.00976. The van der Waals surface area contributed by atoms with Gasteiger partial charge in [0.25, 0.3) is 11.8 Å². The zero-order valence-corrected chi connectivity index (χ0v) is 14.1. The van der Waals surface area contributed by atoms with Crippen molar-refractivity contribution in [3.8, 4) is 0 Å². The molecule has 2 heterocycles. The number of aromatic nitrogens is 1. The molecule has 1 aliphatic heterocycles. The van der Waals surface area contributed by atoms with E-state index in [0.717, 1.165) is 6.42 Å². The van der Waals surface area contributed by atoms with E-state index in [1.807, 2.05) is 6.92 Å². The predicted octanol–water partition coefficient (Wildman–Crippen LogP) is 0.481. The van der Waals surface area contributed by atoms with E-state index in [2.05, 4.69) is 10.3 Å². The van der Waals surface area contributed by atoms with Crippen LogP contribution in [0.15, 0.2) is 18.3 Å². The molecule has 1 N–H and O–H groups in total. The second-order valence-corrected chi connectivity index (χ2v) is 7.89. The first-order valence-electron chi connectivity index (χ1n) is 7.56. The van der Waals surface area contributed by atoms with Gasteiger partial charge in [-0.25, -0.2) is 8.42 Å². The molecule has 7 nitrogen and oxygen atoms in total. The van der Waals surface area contributed by atoms with E-state index >= 15 is 0 Å². The summed E-state index contributed by atoms with van der Waals surface area (Å²) < 4.78 is 23.1. The number of pyridine rings is 1. The molecule has 0 spiro atoms. The highest BCUT2D eigenvalue weighted by Crippen LogP contribution is 2.18. The van der Waals surface area contributed by atoms with Crippen LogP contribution in [0.4, 0.5) is 0 Å². The van der Waals surface area contributed by atoms with Crippen molar-refractivity contribution < 1.29 is 18.0 Å². The summed E-state index contributed by atoms with van der Waals surface area (Å²) in [6.07, 6.45) is 2.66. The van der Waals surface area contributed by atoms with Gasteiger partial charge in [0, 0.05) is 31.4 Å². The summed E-state index contributed by atoms with van der Waals surface area (Å²) in [6, 6.07) is 2.64. The third kappa shape index (κ3) is 4.28. The number of nitrogens with zero attached hydrogens (tertiary/aromatic N) is 2. The van der Waals surface area contributed by atoms with Crippen LogP contribution in [-0.2, 0) is 9.84 Å². The third-order valence-corrected chi connectivity index (χ3v) is 5.60. The summed E-state index contributed by atoms with van der Waals surface area (Å²) in [7, 11) is -1.47. The molecule has 1 aliphatic rings. The van der Waals surface area contributed by atoms with Crippen molar-refractivity contribution >= 4 is 21.7 Å². The fraction of sp³-hybridized carbons (Fsp3) is 0.533. The Morgan fingerprint density at radius 2 is 2.17 bits per heavy atom. The van der Waals surface area contributed by atoms with Gasteiger partial charge in [-0.15, -0.1) is 0 Å². The molecule has 1 unspecified atom stereocenters. The van der Waals surface area contributed by atoms with Crippen LogP contribution in [0.5, 0.6) is 0 Å². The number of hydrogen-bond donors (Lipinski definition) is 1. The van der Waals surface area contributed by atoms with Crippen LogP contribution in [0.3, 0.4) is 0 Å². The highest BCUT2D eigenvalue weighted by atomic mass is 32.2. The maximum atomic E-state index is 12.5. The lowest BCUT2D eigenvalue weighted by molar-refractivity contribution is 0.0747. The van der Waals surface area contributed by atoms with Crippen molar-refractivity contribution in [2.75, 3.05) is 25.1 Å². The quantitative estimate of drug-likeness (QED) is 0.842. The van der Waals surface area contributed by atoms with Crippen LogP contribution in [0.25, 0.3) is 0 Å². The minimum atomic E-state index is -3.06. The summed E-state index contributed by atoms with van der Waals surface area (Å²) in [5.41, 5.74) is 0.505. The van der Waals surface area contributed by atoms with Gasteiger partial charge in [-0.3, -0.25) is 14.6 Å². The number of amides is 2. The van der Waals surface area contributed by atoms with Crippen molar-refractivity contribution in [3.63, 3.8) is 0 Å². The number of sulfone groups is 1. The molecule has 0 radical (unpaired) electrons. The lowest BCUT2D eigenvalue weighted by Gasteiger charge is -2.23. The second kappa shape index (κ2) is 7.08. The highest BCUT2D eigenvalue weighted by Gasteiger charge is 2.33. The van der Waals surface area contributed by atoms with Gasteiger partial charge in [-0.2, -0.15) is 0 Å². The third-order valence-electron chi connectivity index (χ3n) is 3.85. The number of hydrogen-bond acceptors (Lipinski definition) is 5. The largest absolute Gasteiger partial charge is 0.351 e. The fourth-order valence-corrected chi connectivity index (χ4v) is 4.24. The van der Waals surface area contributed by atoms with Crippen LogP contribution in [0, 0.1) is 0 Å². The first-order chi connectivity index (χ1) is 10.8. The first-order valence-corrected chi connectivity index (χ1v) is 9.38. The minimum Gasteiger partial charge on any atom is -0.351 e. The molecule has 1 fully saturated rings. The Morgan fingerprint density at radius 3 is 2.78 bits per heavy atom. The van der Waals surface area contributed by atoms with E-state index in [0.29, 0.717) is 18.5 Å². The molecule has 2 amide bonds. The van der Waals surface area contributed by atoms with Gasteiger partial charge in [0.2, 0.25) is 0 Å². The topological polar surface area (TPSA) is 96.4 Å². The van der Waals surface area contributed by atoms with Crippen molar-refractivity contribution in [1.82, 2.24) is 15.2 Å². The van der Waals surface area contributed by atoms with Crippen molar-refractivity contribution in [1.29, 1.82) is 0 Å². The number of nitrogens with one attached hydrogen (secondary N) is 1. The molecule has 1 aromatic heterocycles.